The minimum absolute atomic E-state index is 0.0739. The van der Waals surface area contributed by atoms with Gasteiger partial charge in [-0.1, -0.05) is 58.6 Å². The van der Waals surface area contributed by atoms with Gasteiger partial charge in [0.05, 0.1) is 12.2 Å². The van der Waals surface area contributed by atoms with Crippen LogP contribution >= 0.6 is 0 Å². The van der Waals surface area contributed by atoms with Crippen molar-refractivity contribution >= 4 is 5.97 Å². The van der Waals surface area contributed by atoms with Crippen LogP contribution < -0.4 is 4.74 Å². The highest BCUT2D eigenvalue weighted by atomic mass is 19.2. The fourth-order valence-corrected chi connectivity index (χ4v) is 3.03. The number of unbranched alkanes of at least 4 members (excludes halogenated alkanes) is 4. The molecule has 31 heavy (non-hydrogen) atoms. The van der Waals surface area contributed by atoms with Gasteiger partial charge in [0.15, 0.2) is 17.7 Å². The summed E-state index contributed by atoms with van der Waals surface area (Å²) >= 11 is 0. The molecule has 166 valence electrons. The first-order valence-corrected chi connectivity index (χ1v) is 10.7. The van der Waals surface area contributed by atoms with E-state index in [4.69, 9.17) is 14.7 Å². The highest BCUT2D eigenvalue weighted by Gasteiger charge is 2.20. The summed E-state index contributed by atoms with van der Waals surface area (Å²) in [7, 11) is 0. The van der Waals surface area contributed by atoms with Crippen molar-refractivity contribution in [2.75, 3.05) is 6.61 Å². The first kappa shape index (κ1) is 24.3. The fraction of sp³-hybridized carbons (Fsp3) is 0.440. The first-order valence-electron chi connectivity index (χ1n) is 10.7. The molecule has 2 aromatic rings. The third kappa shape index (κ3) is 6.78. The molecule has 0 aliphatic heterocycles. The van der Waals surface area contributed by atoms with Crippen LogP contribution in [0.1, 0.15) is 63.2 Å². The maximum atomic E-state index is 14.6. The molecule has 1 unspecified atom stereocenters. The fourth-order valence-electron chi connectivity index (χ4n) is 3.03. The maximum Gasteiger partial charge on any atom is 0.339 e. The lowest BCUT2D eigenvalue weighted by Gasteiger charge is -2.14. The van der Waals surface area contributed by atoms with Crippen LogP contribution in [0.15, 0.2) is 36.4 Å². The molecule has 0 radical (unpaired) electrons. The molecule has 6 heteroatoms. The molecule has 1 atom stereocenters. The van der Waals surface area contributed by atoms with E-state index in [-0.39, 0.29) is 22.8 Å². The Morgan fingerprint density at radius 3 is 2.29 bits per heavy atom. The maximum absolute atomic E-state index is 14.6. The van der Waals surface area contributed by atoms with Crippen molar-refractivity contribution in [1.29, 1.82) is 5.26 Å². The Labute approximate surface area is 182 Å². The topological polar surface area (TPSA) is 59.3 Å². The number of halogens is 2. The molecule has 0 fully saturated rings. The highest BCUT2D eigenvalue weighted by Crippen LogP contribution is 2.30. The highest BCUT2D eigenvalue weighted by molar-refractivity contribution is 5.90. The van der Waals surface area contributed by atoms with Crippen LogP contribution in [0.25, 0.3) is 11.1 Å². The minimum atomic E-state index is -1.02. The number of hydrogen-bond acceptors (Lipinski definition) is 4. The summed E-state index contributed by atoms with van der Waals surface area (Å²) < 4.78 is 39.6. The Hall–Kier alpha value is -2.94. The van der Waals surface area contributed by atoms with Gasteiger partial charge in [-0.05, 0) is 36.2 Å². The Morgan fingerprint density at radius 1 is 1.00 bits per heavy atom. The summed E-state index contributed by atoms with van der Waals surface area (Å²) in [5, 5.41) is 9.05. The van der Waals surface area contributed by atoms with Crippen molar-refractivity contribution in [3.63, 3.8) is 0 Å². The quantitative estimate of drug-likeness (QED) is 0.295. The van der Waals surface area contributed by atoms with Gasteiger partial charge in [-0.2, -0.15) is 9.65 Å². The molecule has 2 rings (SSSR count). The van der Waals surface area contributed by atoms with Crippen LogP contribution in [0.5, 0.6) is 5.75 Å². The molecule has 0 aliphatic rings. The minimum Gasteiger partial charge on any atom is -0.490 e. The van der Waals surface area contributed by atoms with Crippen molar-refractivity contribution in [1.82, 2.24) is 0 Å². The van der Waals surface area contributed by atoms with Crippen LogP contribution in [-0.2, 0) is 4.74 Å². The van der Waals surface area contributed by atoms with E-state index in [0.29, 0.717) is 12.2 Å². The second-order valence-electron chi connectivity index (χ2n) is 7.78. The largest absolute Gasteiger partial charge is 0.490 e. The van der Waals surface area contributed by atoms with Crippen LogP contribution in [-0.4, -0.2) is 18.7 Å². The molecule has 0 amide bonds. The Kier molecular flexibility index (Phi) is 9.45. The van der Waals surface area contributed by atoms with E-state index in [1.165, 1.54) is 36.4 Å². The number of benzene rings is 2. The molecule has 4 nitrogen and oxygen atoms in total. The van der Waals surface area contributed by atoms with Crippen LogP contribution in [0.4, 0.5) is 8.78 Å². The molecular formula is C25H29F2NO3. The Bertz CT molecular complexity index is 904. The van der Waals surface area contributed by atoms with Gasteiger partial charge in [-0.3, -0.25) is 0 Å². The van der Waals surface area contributed by atoms with Crippen molar-refractivity contribution in [3.8, 4) is 22.9 Å². The van der Waals surface area contributed by atoms with E-state index in [0.717, 1.165) is 32.1 Å². The predicted molar refractivity (Wildman–Crippen MR) is 116 cm³/mol. The molecule has 0 N–H and O–H groups in total. The summed E-state index contributed by atoms with van der Waals surface area (Å²) in [6.07, 6.45) is 4.35. The number of ether oxygens (including phenoxy) is 2. The lowest BCUT2D eigenvalue weighted by Crippen LogP contribution is -2.21. The second kappa shape index (κ2) is 12.0. The van der Waals surface area contributed by atoms with E-state index in [1.54, 1.807) is 13.8 Å². The third-order valence-corrected chi connectivity index (χ3v) is 4.95. The predicted octanol–water partition coefficient (Wildman–Crippen LogP) is 6.69. The molecule has 0 aliphatic carbocycles. The summed E-state index contributed by atoms with van der Waals surface area (Å²) in [5.41, 5.74) is 0.720. The van der Waals surface area contributed by atoms with Crippen molar-refractivity contribution < 1.29 is 23.0 Å². The van der Waals surface area contributed by atoms with Crippen molar-refractivity contribution in [2.24, 2.45) is 5.92 Å². The van der Waals surface area contributed by atoms with Crippen LogP contribution in [0, 0.1) is 28.9 Å². The van der Waals surface area contributed by atoms with E-state index < -0.39 is 23.7 Å². The number of hydrogen-bond donors (Lipinski definition) is 0. The number of rotatable bonds is 11. The van der Waals surface area contributed by atoms with Gasteiger partial charge in [0.25, 0.3) is 0 Å². The Balaban J connectivity index is 2.05. The van der Waals surface area contributed by atoms with Gasteiger partial charge in [-0.25, -0.2) is 9.18 Å². The molecule has 0 spiro atoms. The SMILES string of the molecule is CCCCCCCOc1ccc(-c2ccc(C(=O)OC(C#N)C(C)C)cc2)c(F)c1F. The van der Waals surface area contributed by atoms with E-state index in [9.17, 15) is 13.6 Å². The first-order chi connectivity index (χ1) is 14.9. The molecule has 0 bridgehead atoms. The number of nitriles is 1. The lowest BCUT2D eigenvalue weighted by atomic mass is 10.0. The van der Waals surface area contributed by atoms with Crippen LogP contribution in [0.2, 0.25) is 0 Å². The van der Waals surface area contributed by atoms with Crippen molar-refractivity contribution in [2.45, 2.75) is 59.0 Å². The average Bonchev–Trinajstić information content (AvgIpc) is 2.77. The molecule has 0 aromatic heterocycles. The number of carbonyl (C=O) groups excluding carboxylic acids is 1. The van der Waals surface area contributed by atoms with Gasteiger partial charge >= 0.3 is 5.97 Å². The zero-order chi connectivity index (χ0) is 22.8. The second-order valence-corrected chi connectivity index (χ2v) is 7.78. The number of carbonyl (C=O) groups is 1. The van der Waals surface area contributed by atoms with Gasteiger partial charge in [0.1, 0.15) is 6.07 Å². The standard InChI is InChI=1S/C25H29F2NO3/c1-4-5-6-7-8-15-30-21-14-13-20(23(26)24(21)27)18-9-11-19(12-10-18)25(29)31-22(16-28)17(2)3/h9-14,17,22H,4-8,15H2,1-3H3. The van der Waals surface area contributed by atoms with E-state index in [2.05, 4.69) is 6.92 Å². The van der Waals surface area contributed by atoms with Gasteiger partial charge in [0, 0.05) is 11.5 Å². The van der Waals surface area contributed by atoms with E-state index >= 15 is 0 Å². The molecule has 0 saturated carbocycles. The monoisotopic (exact) mass is 429 g/mol. The van der Waals surface area contributed by atoms with E-state index in [1.807, 2.05) is 6.07 Å². The zero-order valence-electron chi connectivity index (χ0n) is 18.3. The number of esters is 1. The molecule has 2 aromatic carbocycles. The van der Waals surface area contributed by atoms with Gasteiger partial charge < -0.3 is 9.47 Å². The summed E-state index contributed by atoms with van der Waals surface area (Å²) in [5.74, 6) is -2.90. The normalized spacial score (nSPS) is 11.8. The summed E-state index contributed by atoms with van der Waals surface area (Å²) in [4.78, 5) is 12.2. The average molecular weight is 430 g/mol. The Morgan fingerprint density at radius 2 is 1.68 bits per heavy atom. The van der Waals surface area contributed by atoms with Crippen molar-refractivity contribution in [3.05, 3.63) is 53.6 Å². The summed E-state index contributed by atoms with van der Waals surface area (Å²) in [6, 6.07) is 10.8. The van der Waals surface area contributed by atoms with Gasteiger partial charge in [-0.15, -0.1) is 0 Å². The molecule has 0 heterocycles. The molecular weight excluding hydrogens is 400 g/mol. The van der Waals surface area contributed by atoms with Gasteiger partial charge in [0.2, 0.25) is 5.82 Å². The summed E-state index contributed by atoms with van der Waals surface area (Å²) in [6.45, 7) is 6.03. The molecule has 0 saturated heterocycles. The smallest absolute Gasteiger partial charge is 0.339 e. The van der Waals surface area contributed by atoms with Crippen LogP contribution in [0.3, 0.4) is 0 Å². The number of nitrogens with zero attached hydrogens (tertiary/aromatic N) is 1. The zero-order valence-corrected chi connectivity index (χ0v) is 18.3. The lowest BCUT2D eigenvalue weighted by molar-refractivity contribution is 0.0325. The third-order valence-electron chi connectivity index (χ3n) is 4.95.